The fourth-order valence-electron chi connectivity index (χ4n) is 2.02. The second-order valence-corrected chi connectivity index (χ2v) is 3.23. The van der Waals surface area contributed by atoms with Crippen molar-refractivity contribution in [1.82, 2.24) is 5.32 Å². The quantitative estimate of drug-likeness (QED) is 0.517. The maximum atomic E-state index is 10.9. The van der Waals surface area contributed by atoms with Crippen LogP contribution in [0.3, 0.4) is 0 Å². The summed E-state index contributed by atoms with van der Waals surface area (Å²) in [6.45, 7) is 0.224. The molecule has 3 unspecified atom stereocenters. The van der Waals surface area contributed by atoms with E-state index in [1.807, 2.05) is 0 Å². The van der Waals surface area contributed by atoms with Crippen molar-refractivity contribution in [3.63, 3.8) is 0 Å². The number of carbonyl (C=O) groups excluding carboxylic acids is 1. The first kappa shape index (κ1) is 6.16. The van der Waals surface area contributed by atoms with E-state index in [0.29, 0.717) is 5.92 Å². The van der Waals surface area contributed by atoms with Gasteiger partial charge in [-0.3, -0.25) is 4.79 Å². The van der Waals surface area contributed by atoms with Gasteiger partial charge in [0.05, 0.1) is 0 Å². The molecule has 0 aromatic heterocycles. The molecule has 3 atom stereocenters. The average Bonchev–Trinajstić information content (AvgIpc) is 2.44. The fraction of sp³-hybridized carbons (Fsp3) is 0.857. The van der Waals surface area contributed by atoms with Crippen molar-refractivity contribution in [2.45, 2.75) is 18.9 Å². The van der Waals surface area contributed by atoms with Gasteiger partial charge in [0.1, 0.15) is 0 Å². The van der Waals surface area contributed by atoms with Gasteiger partial charge in [-0.2, -0.15) is 0 Å². The summed E-state index contributed by atoms with van der Waals surface area (Å²) < 4.78 is 0. The van der Waals surface area contributed by atoms with Crippen molar-refractivity contribution in [1.29, 1.82) is 0 Å². The molecule has 0 aromatic rings. The molecule has 1 saturated heterocycles. The van der Waals surface area contributed by atoms with Gasteiger partial charge in [-0.1, -0.05) is 0 Å². The number of fused-ring (bicyclic) bond motifs is 2. The maximum Gasteiger partial charge on any atom is 0.223 e. The summed E-state index contributed by atoms with van der Waals surface area (Å²) in [5.74, 6) is 0.736. The maximum absolute atomic E-state index is 10.9. The molecule has 0 aromatic carbocycles. The van der Waals surface area contributed by atoms with Crippen LogP contribution < -0.4 is 5.32 Å². The molecule has 2 N–H and O–H groups in total. The molecule has 2 fully saturated rings. The van der Waals surface area contributed by atoms with Crippen LogP contribution in [-0.4, -0.2) is 23.7 Å². The second-order valence-electron chi connectivity index (χ2n) is 3.23. The number of nitrogens with one attached hydrogen (secondary N) is 1. The first-order valence-corrected chi connectivity index (χ1v) is 3.72. The number of aliphatic hydroxyl groups excluding tert-OH is 1. The van der Waals surface area contributed by atoms with E-state index in [4.69, 9.17) is 5.11 Å². The van der Waals surface area contributed by atoms with Gasteiger partial charge in [0.15, 0.2) is 0 Å². The number of piperidine rings is 1. The van der Waals surface area contributed by atoms with Gasteiger partial charge in [-0.15, -0.1) is 0 Å². The lowest BCUT2D eigenvalue weighted by atomic mass is 10.0. The van der Waals surface area contributed by atoms with Gasteiger partial charge in [0, 0.05) is 24.5 Å². The largest absolute Gasteiger partial charge is 0.396 e. The van der Waals surface area contributed by atoms with E-state index in [1.165, 1.54) is 0 Å². The van der Waals surface area contributed by atoms with E-state index in [1.54, 1.807) is 0 Å². The number of amides is 1. The molecule has 56 valence electrons. The molecular formula is C7H11NO2. The van der Waals surface area contributed by atoms with Crippen LogP contribution in [0.5, 0.6) is 0 Å². The monoisotopic (exact) mass is 141 g/mol. The molecule has 2 bridgehead atoms. The lowest BCUT2D eigenvalue weighted by molar-refractivity contribution is -0.124. The van der Waals surface area contributed by atoms with Crippen LogP contribution in [0.4, 0.5) is 0 Å². The van der Waals surface area contributed by atoms with Crippen LogP contribution in [0, 0.1) is 11.8 Å². The molecule has 3 heteroatoms. The summed E-state index contributed by atoms with van der Waals surface area (Å²) >= 11 is 0. The Balaban J connectivity index is 2.09. The lowest BCUT2D eigenvalue weighted by Crippen LogP contribution is -2.38. The predicted octanol–water partition coefficient (Wildman–Crippen LogP) is -0.497. The highest BCUT2D eigenvalue weighted by atomic mass is 16.3. The summed E-state index contributed by atoms with van der Waals surface area (Å²) in [6.07, 6.45) is 1.84. The highest BCUT2D eigenvalue weighted by Crippen LogP contribution is 2.36. The number of aliphatic hydroxyl groups is 1. The highest BCUT2D eigenvalue weighted by molar-refractivity contribution is 5.82. The van der Waals surface area contributed by atoms with E-state index in [9.17, 15) is 4.79 Å². The van der Waals surface area contributed by atoms with Crippen LogP contribution >= 0.6 is 0 Å². The Morgan fingerprint density at radius 1 is 1.60 bits per heavy atom. The molecule has 1 aliphatic heterocycles. The number of hydrogen-bond donors (Lipinski definition) is 2. The summed E-state index contributed by atoms with van der Waals surface area (Å²) in [5, 5.41) is 11.7. The first-order valence-electron chi connectivity index (χ1n) is 3.72. The van der Waals surface area contributed by atoms with Crippen molar-refractivity contribution in [3.8, 4) is 0 Å². The van der Waals surface area contributed by atoms with Crippen molar-refractivity contribution in [3.05, 3.63) is 0 Å². The Kier molecular flexibility index (Phi) is 1.20. The predicted molar refractivity (Wildman–Crippen MR) is 35.2 cm³/mol. The fourth-order valence-corrected chi connectivity index (χ4v) is 2.02. The lowest BCUT2D eigenvalue weighted by Gasteiger charge is -2.19. The first-order chi connectivity index (χ1) is 4.81. The molecular weight excluding hydrogens is 130 g/mol. The Hall–Kier alpha value is -0.570. The van der Waals surface area contributed by atoms with Crippen LogP contribution in [0.15, 0.2) is 0 Å². The van der Waals surface area contributed by atoms with Gasteiger partial charge in [-0.05, 0) is 12.8 Å². The van der Waals surface area contributed by atoms with Crippen LogP contribution in [0.25, 0.3) is 0 Å². The normalized spacial score (nSPS) is 44.1. The van der Waals surface area contributed by atoms with Crippen molar-refractivity contribution in [2.75, 3.05) is 6.61 Å². The van der Waals surface area contributed by atoms with Crippen LogP contribution in [0.1, 0.15) is 12.8 Å². The molecule has 0 radical (unpaired) electrons. The van der Waals surface area contributed by atoms with Crippen LogP contribution in [0.2, 0.25) is 0 Å². The van der Waals surface area contributed by atoms with Gasteiger partial charge in [0.2, 0.25) is 5.91 Å². The molecule has 2 rings (SSSR count). The summed E-state index contributed by atoms with van der Waals surface area (Å²) in [4.78, 5) is 10.9. The SMILES string of the molecule is O=C1NC2CC1CC2CO. The molecule has 1 aliphatic carbocycles. The van der Waals surface area contributed by atoms with Gasteiger partial charge in [0.25, 0.3) is 0 Å². The Morgan fingerprint density at radius 2 is 2.40 bits per heavy atom. The Labute approximate surface area is 59.4 Å². The number of rotatable bonds is 1. The summed E-state index contributed by atoms with van der Waals surface area (Å²) in [7, 11) is 0. The van der Waals surface area contributed by atoms with Gasteiger partial charge < -0.3 is 10.4 Å². The highest BCUT2D eigenvalue weighted by Gasteiger charge is 2.44. The molecule has 2 aliphatic rings. The van der Waals surface area contributed by atoms with E-state index in [0.717, 1.165) is 12.8 Å². The third-order valence-corrected chi connectivity index (χ3v) is 2.63. The Morgan fingerprint density at radius 3 is 2.80 bits per heavy atom. The topological polar surface area (TPSA) is 49.3 Å². The van der Waals surface area contributed by atoms with Gasteiger partial charge >= 0.3 is 0 Å². The zero-order chi connectivity index (χ0) is 7.14. The zero-order valence-corrected chi connectivity index (χ0v) is 5.71. The van der Waals surface area contributed by atoms with E-state index in [-0.39, 0.29) is 24.5 Å². The molecule has 1 amide bonds. The third-order valence-electron chi connectivity index (χ3n) is 2.63. The average molecular weight is 141 g/mol. The standard InChI is InChI=1S/C7H11NO2/c9-3-5-1-4-2-6(5)8-7(4)10/h4-6,9H,1-3H2,(H,8,10). The second kappa shape index (κ2) is 1.95. The third kappa shape index (κ3) is 0.669. The molecule has 0 spiro atoms. The van der Waals surface area contributed by atoms with E-state index >= 15 is 0 Å². The molecule has 10 heavy (non-hydrogen) atoms. The van der Waals surface area contributed by atoms with Crippen molar-refractivity contribution >= 4 is 5.91 Å². The summed E-state index contributed by atoms with van der Waals surface area (Å²) in [6, 6.07) is 0.280. The van der Waals surface area contributed by atoms with Crippen molar-refractivity contribution in [2.24, 2.45) is 11.8 Å². The number of carbonyl (C=O) groups is 1. The van der Waals surface area contributed by atoms with E-state index < -0.39 is 0 Å². The molecule has 1 saturated carbocycles. The molecule has 3 nitrogen and oxygen atoms in total. The van der Waals surface area contributed by atoms with Crippen LogP contribution in [-0.2, 0) is 4.79 Å². The number of hydrogen-bond acceptors (Lipinski definition) is 2. The molecule has 1 heterocycles. The minimum absolute atomic E-state index is 0.190. The van der Waals surface area contributed by atoms with Crippen molar-refractivity contribution < 1.29 is 9.90 Å². The van der Waals surface area contributed by atoms with E-state index in [2.05, 4.69) is 5.32 Å². The smallest absolute Gasteiger partial charge is 0.223 e. The van der Waals surface area contributed by atoms with Gasteiger partial charge in [-0.25, -0.2) is 0 Å². The minimum atomic E-state index is 0.190. The Bertz CT molecular complexity index is 169. The minimum Gasteiger partial charge on any atom is -0.396 e. The summed E-state index contributed by atoms with van der Waals surface area (Å²) in [5.41, 5.74) is 0. The zero-order valence-electron chi connectivity index (χ0n) is 5.71.